The van der Waals surface area contributed by atoms with Crippen molar-refractivity contribution in [1.82, 2.24) is 9.97 Å². The number of alkyl halides is 3. The molecule has 3 rings (SSSR count). The van der Waals surface area contributed by atoms with Gasteiger partial charge < -0.3 is 11.1 Å². The second kappa shape index (κ2) is 5.80. The summed E-state index contributed by atoms with van der Waals surface area (Å²) in [5.41, 5.74) is 4.22. The number of carbonyl (C=O) groups is 1. The van der Waals surface area contributed by atoms with Crippen molar-refractivity contribution >= 4 is 28.3 Å². The molecule has 0 saturated carbocycles. The Hall–Kier alpha value is -3.16. The lowest BCUT2D eigenvalue weighted by molar-refractivity contribution is -0.141. The van der Waals surface area contributed by atoms with E-state index in [0.29, 0.717) is 0 Å². The molecule has 0 atom stereocenters. The van der Waals surface area contributed by atoms with E-state index in [4.69, 9.17) is 5.73 Å². The minimum absolute atomic E-state index is 0.0561. The Morgan fingerprint density at radius 2 is 1.54 bits per heavy atom. The molecular formula is C16H11F3N4O. The van der Waals surface area contributed by atoms with Gasteiger partial charge in [-0.15, -0.1) is 0 Å². The van der Waals surface area contributed by atoms with Crippen LogP contribution in [0.15, 0.2) is 48.5 Å². The Balaban J connectivity index is 2.10. The highest BCUT2D eigenvalue weighted by molar-refractivity contribution is 6.06. The fourth-order valence-corrected chi connectivity index (χ4v) is 2.15. The summed E-state index contributed by atoms with van der Waals surface area (Å²) in [6, 6.07) is 12.3. The van der Waals surface area contributed by atoms with E-state index in [1.807, 2.05) is 0 Å². The summed E-state index contributed by atoms with van der Waals surface area (Å²) in [6.45, 7) is 0. The fraction of sp³-hybridized carbons (Fsp3) is 0.0625. The Bertz CT molecular complexity index is 925. The number of fused-ring (bicyclic) bond motifs is 1. The highest BCUT2D eigenvalue weighted by atomic mass is 19.4. The van der Waals surface area contributed by atoms with Gasteiger partial charge in [-0.25, -0.2) is 9.97 Å². The smallest absolute Gasteiger partial charge is 0.397 e. The Labute approximate surface area is 134 Å². The van der Waals surface area contributed by atoms with Crippen LogP contribution in [0.1, 0.15) is 16.2 Å². The average Bonchev–Trinajstić information content (AvgIpc) is 2.55. The van der Waals surface area contributed by atoms with Gasteiger partial charge in [-0.2, -0.15) is 13.2 Å². The molecule has 0 radical (unpaired) electrons. The highest BCUT2D eigenvalue weighted by Crippen LogP contribution is 2.31. The zero-order chi connectivity index (χ0) is 17.3. The van der Waals surface area contributed by atoms with E-state index >= 15 is 0 Å². The largest absolute Gasteiger partial charge is 0.435 e. The van der Waals surface area contributed by atoms with Crippen LogP contribution in [0, 0.1) is 0 Å². The number of hydrogen-bond donors (Lipinski definition) is 2. The normalized spacial score (nSPS) is 11.5. The first-order chi connectivity index (χ1) is 11.4. The van der Waals surface area contributed by atoms with Gasteiger partial charge in [0.2, 0.25) is 0 Å². The lowest BCUT2D eigenvalue weighted by atomic mass is 10.2. The highest BCUT2D eigenvalue weighted by Gasteiger charge is 2.39. The van der Waals surface area contributed by atoms with Gasteiger partial charge in [-0.05, 0) is 24.3 Å². The van der Waals surface area contributed by atoms with E-state index in [-0.39, 0.29) is 22.4 Å². The first kappa shape index (κ1) is 15.7. The molecule has 5 nitrogen and oxygen atoms in total. The van der Waals surface area contributed by atoms with E-state index < -0.39 is 23.5 Å². The van der Waals surface area contributed by atoms with Crippen LogP contribution in [-0.2, 0) is 6.18 Å². The number of benzene rings is 2. The number of nitrogens with two attached hydrogens (primary N) is 1. The summed E-state index contributed by atoms with van der Waals surface area (Å²) in [5.74, 6) is -1.03. The molecular weight excluding hydrogens is 321 g/mol. The van der Waals surface area contributed by atoms with Crippen LogP contribution in [0.5, 0.6) is 0 Å². The van der Waals surface area contributed by atoms with Crippen LogP contribution in [0.3, 0.4) is 0 Å². The van der Waals surface area contributed by atoms with Crippen molar-refractivity contribution in [3.05, 3.63) is 59.9 Å². The van der Waals surface area contributed by atoms with Crippen molar-refractivity contribution in [3.8, 4) is 0 Å². The third-order valence-electron chi connectivity index (χ3n) is 3.26. The second-order valence-electron chi connectivity index (χ2n) is 4.95. The van der Waals surface area contributed by atoms with Crippen LogP contribution < -0.4 is 11.1 Å². The van der Waals surface area contributed by atoms with E-state index in [2.05, 4.69) is 15.3 Å². The maximum absolute atomic E-state index is 13.2. The van der Waals surface area contributed by atoms with Crippen molar-refractivity contribution in [3.63, 3.8) is 0 Å². The third kappa shape index (κ3) is 2.98. The number of nitrogen functional groups attached to an aromatic ring is 1. The number of halogens is 3. The maximum Gasteiger partial charge on any atom is 0.435 e. The lowest BCUT2D eigenvalue weighted by Gasteiger charge is -2.13. The molecule has 8 heteroatoms. The Morgan fingerprint density at radius 1 is 0.958 bits per heavy atom. The summed E-state index contributed by atoms with van der Waals surface area (Å²) >= 11 is 0. The topological polar surface area (TPSA) is 80.9 Å². The lowest BCUT2D eigenvalue weighted by Crippen LogP contribution is -2.22. The number of para-hydroxylation sites is 4. The molecule has 1 heterocycles. The summed E-state index contributed by atoms with van der Waals surface area (Å²) < 4.78 is 39.7. The summed E-state index contributed by atoms with van der Waals surface area (Å²) in [4.78, 5) is 19.7. The molecule has 3 N–H and O–H groups in total. The molecule has 0 fully saturated rings. The van der Waals surface area contributed by atoms with Crippen LogP contribution in [0.2, 0.25) is 0 Å². The van der Waals surface area contributed by atoms with Crippen LogP contribution in [0.25, 0.3) is 11.0 Å². The van der Waals surface area contributed by atoms with Crippen molar-refractivity contribution in [2.24, 2.45) is 0 Å². The van der Waals surface area contributed by atoms with E-state index in [9.17, 15) is 18.0 Å². The van der Waals surface area contributed by atoms with E-state index in [1.54, 1.807) is 24.3 Å². The van der Waals surface area contributed by atoms with Gasteiger partial charge in [0.1, 0.15) is 0 Å². The third-order valence-corrected chi connectivity index (χ3v) is 3.26. The molecule has 1 amide bonds. The number of rotatable bonds is 2. The van der Waals surface area contributed by atoms with Crippen LogP contribution >= 0.6 is 0 Å². The molecule has 0 spiro atoms. The molecule has 122 valence electrons. The minimum atomic E-state index is -4.81. The zero-order valence-corrected chi connectivity index (χ0v) is 12.1. The molecule has 0 aliphatic carbocycles. The van der Waals surface area contributed by atoms with E-state index in [0.717, 1.165) is 0 Å². The Morgan fingerprint density at radius 3 is 2.17 bits per heavy atom. The average molecular weight is 332 g/mol. The number of anilines is 2. The number of carbonyl (C=O) groups excluding carboxylic acids is 1. The van der Waals surface area contributed by atoms with Gasteiger partial charge in [-0.3, -0.25) is 4.79 Å². The van der Waals surface area contributed by atoms with Gasteiger partial charge in [0, 0.05) is 0 Å². The van der Waals surface area contributed by atoms with E-state index in [1.165, 1.54) is 24.3 Å². The molecule has 0 unspecified atom stereocenters. The van der Waals surface area contributed by atoms with Crippen LogP contribution in [-0.4, -0.2) is 15.9 Å². The number of hydrogen-bond acceptors (Lipinski definition) is 4. The minimum Gasteiger partial charge on any atom is -0.397 e. The van der Waals surface area contributed by atoms with Crippen molar-refractivity contribution in [2.45, 2.75) is 6.18 Å². The monoisotopic (exact) mass is 332 g/mol. The molecule has 0 bridgehead atoms. The number of nitrogens with one attached hydrogen (secondary N) is 1. The standard InChI is InChI=1S/C16H11F3N4O/c17-16(18,19)14-13(21-11-7-3-4-8-12(11)22-14)15(24)23-10-6-2-1-5-9(10)20/h1-8H,20H2,(H,23,24). The molecule has 1 aromatic heterocycles. The van der Waals surface area contributed by atoms with Gasteiger partial charge >= 0.3 is 6.18 Å². The summed E-state index contributed by atoms with van der Waals surface area (Å²) in [5, 5.41) is 2.34. The first-order valence-electron chi connectivity index (χ1n) is 6.86. The molecule has 3 aromatic rings. The van der Waals surface area contributed by atoms with Crippen molar-refractivity contribution in [1.29, 1.82) is 0 Å². The van der Waals surface area contributed by atoms with Crippen molar-refractivity contribution < 1.29 is 18.0 Å². The van der Waals surface area contributed by atoms with Gasteiger partial charge in [0.15, 0.2) is 11.4 Å². The molecule has 24 heavy (non-hydrogen) atoms. The van der Waals surface area contributed by atoms with Gasteiger partial charge in [-0.1, -0.05) is 24.3 Å². The molecule has 0 aliphatic rings. The van der Waals surface area contributed by atoms with Crippen molar-refractivity contribution in [2.75, 3.05) is 11.1 Å². The predicted molar refractivity (Wildman–Crippen MR) is 83.3 cm³/mol. The fourth-order valence-electron chi connectivity index (χ4n) is 2.15. The summed E-state index contributed by atoms with van der Waals surface area (Å²) in [6.07, 6.45) is -4.81. The zero-order valence-electron chi connectivity index (χ0n) is 12.1. The summed E-state index contributed by atoms with van der Waals surface area (Å²) in [7, 11) is 0. The number of nitrogens with zero attached hydrogens (tertiary/aromatic N) is 2. The predicted octanol–water partition coefficient (Wildman–Crippen LogP) is 3.48. The first-order valence-corrected chi connectivity index (χ1v) is 6.86. The Kier molecular flexibility index (Phi) is 3.80. The van der Waals surface area contributed by atoms with Gasteiger partial charge in [0.25, 0.3) is 5.91 Å². The second-order valence-corrected chi connectivity index (χ2v) is 4.95. The quantitative estimate of drug-likeness (QED) is 0.704. The number of amides is 1. The van der Waals surface area contributed by atoms with Crippen LogP contribution in [0.4, 0.5) is 24.5 Å². The molecule has 0 aliphatic heterocycles. The molecule has 0 saturated heterocycles. The SMILES string of the molecule is Nc1ccccc1NC(=O)c1nc2ccccc2nc1C(F)(F)F. The number of aromatic nitrogens is 2. The maximum atomic E-state index is 13.2. The van der Waals surface area contributed by atoms with Gasteiger partial charge in [0.05, 0.1) is 22.4 Å². The molecule has 2 aromatic carbocycles.